The van der Waals surface area contributed by atoms with E-state index >= 15 is 0 Å². The fraction of sp³-hybridized carbons (Fsp3) is 0.586. The van der Waals surface area contributed by atoms with Crippen LogP contribution in [0.2, 0.25) is 0 Å². The van der Waals surface area contributed by atoms with Gasteiger partial charge in [-0.2, -0.15) is 0 Å². The molecular formula is C87H138O17P2. The van der Waals surface area contributed by atoms with Gasteiger partial charge in [0.05, 0.1) is 26.4 Å². The van der Waals surface area contributed by atoms with E-state index in [4.69, 9.17) is 37.0 Å². The molecular weight excluding hydrogens is 1380 g/mol. The average Bonchev–Trinajstić information content (AvgIpc) is 0.909. The number of rotatable bonds is 72. The Kier molecular flexibility index (Phi) is 72.6. The number of aliphatic hydroxyl groups excluding tert-OH is 1. The van der Waals surface area contributed by atoms with Crippen molar-refractivity contribution in [2.75, 3.05) is 39.6 Å². The number of phosphoric acid groups is 2. The third kappa shape index (κ3) is 76.1. The number of hydrogen-bond acceptors (Lipinski definition) is 15. The lowest BCUT2D eigenvalue weighted by molar-refractivity contribution is -0.161. The molecule has 5 atom stereocenters. The number of hydrogen-bond donors (Lipinski definition) is 3. The summed E-state index contributed by atoms with van der Waals surface area (Å²) in [5.41, 5.74) is 0. The topological polar surface area (TPSA) is 237 Å². The first-order chi connectivity index (χ1) is 51.7. The van der Waals surface area contributed by atoms with Crippen molar-refractivity contribution in [2.24, 2.45) is 0 Å². The van der Waals surface area contributed by atoms with Gasteiger partial charge >= 0.3 is 39.5 Å². The monoisotopic (exact) mass is 1520 g/mol. The Labute approximate surface area is 640 Å². The molecule has 0 saturated carbocycles. The molecule has 3 N–H and O–H groups in total. The van der Waals surface area contributed by atoms with Crippen LogP contribution in [0.1, 0.15) is 272 Å². The Morgan fingerprint density at radius 3 is 0.840 bits per heavy atom. The van der Waals surface area contributed by atoms with Crippen molar-refractivity contribution in [3.63, 3.8) is 0 Å². The second-order valence-corrected chi connectivity index (χ2v) is 28.4. The van der Waals surface area contributed by atoms with E-state index in [0.717, 1.165) is 161 Å². The van der Waals surface area contributed by atoms with Crippen LogP contribution in [0.5, 0.6) is 0 Å². The molecule has 0 spiro atoms. The predicted molar refractivity (Wildman–Crippen MR) is 436 cm³/mol. The third-order valence-corrected chi connectivity index (χ3v) is 17.4. The van der Waals surface area contributed by atoms with Crippen LogP contribution in [0.3, 0.4) is 0 Å². The molecule has 0 radical (unpaired) electrons. The van der Waals surface area contributed by atoms with E-state index in [1.807, 2.05) is 30.4 Å². The van der Waals surface area contributed by atoms with Crippen molar-refractivity contribution in [3.05, 3.63) is 194 Å². The highest BCUT2D eigenvalue weighted by Crippen LogP contribution is 2.45. The summed E-state index contributed by atoms with van der Waals surface area (Å²) < 4.78 is 68.4. The minimum Gasteiger partial charge on any atom is -0.462 e. The van der Waals surface area contributed by atoms with Gasteiger partial charge in [0.2, 0.25) is 0 Å². The number of carbonyl (C=O) groups is 4. The van der Waals surface area contributed by atoms with Crippen LogP contribution in [0.25, 0.3) is 0 Å². The van der Waals surface area contributed by atoms with Gasteiger partial charge in [0, 0.05) is 25.7 Å². The fourth-order valence-electron chi connectivity index (χ4n) is 9.62. The van der Waals surface area contributed by atoms with E-state index < -0.39 is 97.5 Å². The summed E-state index contributed by atoms with van der Waals surface area (Å²) in [6.07, 6.45) is 94.3. The highest BCUT2D eigenvalue weighted by molar-refractivity contribution is 7.47. The first-order valence-electron chi connectivity index (χ1n) is 39.7. The summed E-state index contributed by atoms with van der Waals surface area (Å²) >= 11 is 0. The van der Waals surface area contributed by atoms with E-state index in [1.165, 1.54) is 19.3 Å². The molecule has 0 fully saturated rings. The Morgan fingerprint density at radius 2 is 0.519 bits per heavy atom. The van der Waals surface area contributed by atoms with Crippen molar-refractivity contribution < 1.29 is 80.2 Å². The van der Waals surface area contributed by atoms with Crippen molar-refractivity contribution in [1.29, 1.82) is 0 Å². The quantitative estimate of drug-likeness (QED) is 0.0169. The molecule has 598 valence electrons. The highest BCUT2D eigenvalue weighted by atomic mass is 31.2. The average molecular weight is 1520 g/mol. The normalized spacial score (nSPS) is 14.9. The maximum absolute atomic E-state index is 13.1. The molecule has 0 aromatic carbocycles. The van der Waals surface area contributed by atoms with Crippen LogP contribution in [0.4, 0.5) is 0 Å². The minimum atomic E-state index is -5.01. The molecule has 0 rings (SSSR count). The lowest BCUT2D eigenvalue weighted by Gasteiger charge is -2.21. The van der Waals surface area contributed by atoms with E-state index in [9.17, 15) is 43.2 Å². The van der Waals surface area contributed by atoms with Gasteiger partial charge in [0.1, 0.15) is 19.3 Å². The minimum absolute atomic E-state index is 0.0232. The number of phosphoric ester groups is 2. The van der Waals surface area contributed by atoms with Gasteiger partial charge in [-0.3, -0.25) is 37.3 Å². The molecule has 19 heteroatoms. The summed E-state index contributed by atoms with van der Waals surface area (Å²) in [5.74, 6) is -2.40. The molecule has 0 heterocycles. The van der Waals surface area contributed by atoms with Gasteiger partial charge in [-0.1, -0.05) is 273 Å². The zero-order valence-corrected chi connectivity index (χ0v) is 67.1. The largest absolute Gasteiger partial charge is 0.472 e. The number of unbranched alkanes of at least 4 members (excludes halogenated alkanes) is 14. The summed E-state index contributed by atoms with van der Waals surface area (Å²) in [5, 5.41) is 10.6. The molecule has 0 bridgehead atoms. The van der Waals surface area contributed by atoms with Crippen LogP contribution >= 0.6 is 15.6 Å². The number of allylic oxidation sites excluding steroid dienone is 32. The lowest BCUT2D eigenvalue weighted by atomic mass is 10.1. The summed E-state index contributed by atoms with van der Waals surface area (Å²) in [4.78, 5) is 73.0. The molecule has 106 heavy (non-hydrogen) atoms. The third-order valence-electron chi connectivity index (χ3n) is 15.5. The fourth-order valence-corrected chi connectivity index (χ4v) is 11.2. The molecule has 0 amide bonds. The second kappa shape index (κ2) is 77.1. The molecule has 17 nitrogen and oxygen atoms in total. The molecule has 0 aliphatic heterocycles. The van der Waals surface area contributed by atoms with Gasteiger partial charge in [-0.15, -0.1) is 0 Å². The molecule has 0 aliphatic carbocycles. The van der Waals surface area contributed by atoms with E-state index in [1.54, 1.807) is 0 Å². The Morgan fingerprint density at radius 1 is 0.274 bits per heavy atom. The molecule has 0 aromatic heterocycles. The standard InChI is InChI=1S/C87H138O17P2/c1-5-9-13-17-21-25-29-33-37-39-40-42-46-48-52-56-60-64-68-72-85(90)98-78-83(104-87(92)74-70-66-62-58-54-50-44-36-32-28-24-20-16-12-8-4)80-102-106(95,96)100-76-81(88)75-99-105(93,94)101-79-82(103-86(91)73-69-65-61-57-53-49-43-35-31-27-23-19-15-11-7-3)77-97-84(89)71-67-63-59-55-51-47-45-41-38-34-30-26-22-18-14-10-6-2/h9-10,12-14,16,21-28,33-38,40,42-45,47-48,52,55,59-60,64,81-83,88H,5-8,11,15,17-20,29-32,39,41,46,49-51,53-54,56-58,61-63,65-80H2,1-4H3,(H,93,94)(H,95,96)/b13-9-,14-10-,16-12-,25-21-,26-22-,27-23-,28-24-,37-33-,38-34-,42-40-,43-35-,44-36-,47-45-,52-48-,59-55-,64-60-. The van der Waals surface area contributed by atoms with Gasteiger partial charge in [0.15, 0.2) is 12.2 Å². The Balaban J connectivity index is 5.52. The van der Waals surface area contributed by atoms with Gasteiger partial charge in [-0.05, 0) is 167 Å². The SMILES string of the molecule is CC/C=C\C/C=C\C/C=C\C/C=C\C/C=C\C/C=C\CCC(=O)OCC(COP(=O)(O)OCC(O)COP(=O)(O)OCC(COC(=O)CCC/C=C\C/C=C\C/C=C\C/C=C\C/C=C\CC)OC(=O)CCCCCCC/C=C\C/C=C\CCCCC)OC(=O)CCCCCCC/C=C\C/C=C\C/C=C\CC. The van der Waals surface area contributed by atoms with Crippen LogP contribution in [0.15, 0.2) is 194 Å². The molecule has 0 saturated heterocycles. The van der Waals surface area contributed by atoms with Crippen LogP contribution in [-0.2, 0) is 65.4 Å². The molecule has 0 aliphatic rings. The number of ether oxygens (including phenoxy) is 4. The predicted octanol–water partition coefficient (Wildman–Crippen LogP) is 23.3. The van der Waals surface area contributed by atoms with Crippen molar-refractivity contribution in [3.8, 4) is 0 Å². The maximum Gasteiger partial charge on any atom is 0.472 e. The van der Waals surface area contributed by atoms with Crippen molar-refractivity contribution in [1.82, 2.24) is 0 Å². The van der Waals surface area contributed by atoms with E-state index in [0.29, 0.717) is 38.5 Å². The molecule has 5 unspecified atom stereocenters. The smallest absolute Gasteiger partial charge is 0.462 e. The van der Waals surface area contributed by atoms with Crippen LogP contribution in [-0.4, -0.2) is 96.7 Å². The van der Waals surface area contributed by atoms with Crippen LogP contribution in [0, 0.1) is 0 Å². The van der Waals surface area contributed by atoms with E-state index in [2.05, 4.69) is 192 Å². The summed E-state index contributed by atoms with van der Waals surface area (Å²) in [6.45, 7) is 4.29. The zero-order chi connectivity index (χ0) is 77.4. The van der Waals surface area contributed by atoms with Crippen LogP contribution < -0.4 is 0 Å². The first-order valence-corrected chi connectivity index (χ1v) is 42.7. The highest BCUT2D eigenvalue weighted by Gasteiger charge is 2.30. The van der Waals surface area contributed by atoms with Crippen molar-refractivity contribution >= 4 is 39.5 Å². The summed E-state index contributed by atoms with van der Waals surface area (Å²) in [7, 11) is -10.0. The number of aliphatic hydroxyl groups is 1. The van der Waals surface area contributed by atoms with Gasteiger partial charge in [0.25, 0.3) is 0 Å². The lowest BCUT2D eigenvalue weighted by Crippen LogP contribution is -2.30. The Bertz CT molecular complexity index is 2780. The maximum atomic E-state index is 13.1. The zero-order valence-electron chi connectivity index (χ0n) is 65.3. The summed E-state index contributed by atoms with van der Waals surface area (Å²) in [6, 6.07) is 0. The first kappa shape index (κ1) is 99.9. The number of carbonyl (C=O) groups excluding carboxylic acids is 4. The molecule has 0 aromatic rings. The second-order valence-electron chi connectivity index (χ2n) is 25.5. The number of esters is 4. The van der Waals surface area contributed by atoms with Gasteiger partial charge < -0.3 is 33.8 Å². The Hall–Kier alpha value is -6.10. The van der Waals surface area contributed by atoms with Crippen molar-refractivity contribution in [2.45, 2.75) is 290 Å². The van der Waals surface area contributed by atoms with E-state index in [-0.39, 0.29) is 25.7 Å². The van der Waals surface area contributed by atoms with Gasteiger partial charge in [-0.25, -0.2) is 9.13 Å².